The molecule has 0 radical (unpaired) electrons. The monoisotopic (exact) mass is 274 g/mol. The van der Waals surface area contributed by atoms with Gasteiger partial charge in [0.2, 0.25) is 0 Å². The molecule has 0 aromatic carbocycles. The Bertz CT molecular complexity index is 250. The molecule has 0 bridgehead atoms. The Labute approximate surface area is 117 Å². The third kappa shape index (κ3) is 8.06. The lowest BCUT2D eigenvalue weighted by Gasteiger charge is -2.29. The molecule has 3 N–H and O–H groups in total. The molecule has 0 saturated carbocycles. The van der Waals surface area contributed by atoms with Gasteiger partial charge in [0.05, 0.1) is 0 Å². The maximum Gasteiger partial charge on any atom is 0.407 e. The van der Waals surface area contributed by atoms with Gasteiger partial charge in [-0.1, -0.05) is 13.8 Å². The maximum atomic E-state index is 11.4. The van der Waals surface area contributed by atoms with E-state index in [0.717, 1.165) is 19.4 Å². The molecule has 5 heteroatoms. The minimum Gasteiger partial charge on any atom is -0.444 e. The van der Waals surface area contributed by atoms with Crippen LogP contribution >= 0.6 is 0 Å². The highest BCUT2D eigenvalue weighted by molar-refractivity contribution is 5.67. The lowest BCUT2D eigenvalue weighted by atomic mass is 9.83. The van der Waals surface area contributed by atoms with Gasteiger partial charge in [0.1, 0.15) is 5.60 Å². The molecular weight excluding hydrogens is 244 g/mol. The highest BCUT2D eigenvalue weighted by Crippen LogP contribution is 2.24. The van der Waals surface area contributed by atoms with Crippen LogP contribution in [0.25, 0.3) is 0 Å². The molecule has 0 fully saturated rings. The molecule has 5 nitrogen and oxygen atoms in total. The van der Waals surface area contributed by atoms with Gasteiger partial charge in [-0.3, -0.25) is 0 Å². The van der Waals surface area contributed by atoms with Gasteiger partial charge < -0.3 is 20.5 Å². The Morgan fingerprint density at radius 2 is 1.74 bits per heavy atom. The Kier molecular flexibility index (Phi) is 8.02. The lowest BCUT2D eigenvalue weighted by Crippen LogP contribution is -2.41. The van der Waals surface area contributed by atoms with Crippen molar-refractivity contribution in [1.82, 2.24) is 10.6 Å². The molecule has 0 aliphatic carbocycles. The summed E-state index contributed by atoms with van der Waals surface area (Å²) in [4.78, 5) is 11.4. The first-order chi connectivity index (χ1) is 8.78. The van der Waals surface area contributed by atoms with Crippen molar-refractivity contribution in [3.8, 4) is 0 Å². The van der Waals surface area contributed by atoms with Gasteiger partial charge in [-0.25, -0.2) is 4.79 Å². The molecule has 114 valence electrons. The highest BCUT2D eigenvalue weighted by Gasteiger charge is 2.24. The molecule has 0 unspecified atom stereocenters. The minimum atomic E-state index is -0.464. The van der Waals surface area contributed by atoms with Crippen LogP contribution in [0.1, 0.15) is 47.5 Å². The molecule has 0 rings (SSSR count). The normalized spacial score (nSPS) is 12.3. The second-order valence-electron chi connectivity index (χ2n) is 5.97. The number of nitrogens with one attached hydrogen (secondary N) is 2. The van der Waals surface area contributed by atoms with Gasteiger partial charge in [-0.15, -0.1) is 0 Å². The van der Waals surface area contributed by atoms with Crippen molar-refractivity contribution in [2.45, 2.75) is 53.1 Å². The topological polar surface area (TPSA) is 70.6 Å². The Balaban J connectivity index is 3.79. The summed E-state index contributed by atoms with van der Waals surface area (Å²) in [6.45, 7) is 11.8. The van der Waals surface area contributed by atoms with Crippen LogP contribution in [0, 0.1) is 5.41 Å². The largest absolute Gasteiger partial charge is 0.444 e. The zero-order valence-electron chi connectivity index (χ0n) is 13.0. The molecule has 19 heavy (non-hydrogen) atoms. The van der Waals surface area contributed by atoms with Crippen LogP contribution in [0.4, 0.5) is 4.79 Å². The van der Waals surface area contributed by atoms with Crippen LogP contribution in [0.2, 0.25) is 0 Å². The third-order valence-corrected chi connectivity index (χ3v) is 3.31. The lowest BCUT2D eigenvalue weighted by molar-refractivity contribution is 0.0527. The quantitative estimate of drug-likeness (QED) is 0.591. The number of carbonyl (C=O) groups is 1. The third-order valence-electron chi connectivity index (χ3n) is 3.31. The second kappa shape index (κ2) is 8.38. The summed E-state index contributed by atoms with van der Waals surface area (Å²) >= 11 is 0. The number of hydrogen-bond acceptors (Lipinski definition) is 4. The fraction of sp³-hybridized carbons (Fsp3) is 0.929. The molecule has 0 aliphatic heterocycles. The molecule has 0 heterocycles. The number of aliphatic hydroxyl groups excluding tert-OH is 1. The second-order valence-corrected chi connectivity index (χ2v) is 5.97. The van der Waals surface area contributed by atoms with Gasteiger partial charge in [-0.2, -0.15) is 0 Å². The first kappa shape index (κ1) is 18.2. The van der Waals surface area contributed by atoms with E-state index in [1.165, 1.54) is 0 Å². The van der Waals surface area contributed by atoms with Crippen molar-refractivity contribution in [3.05, 3.63) is 0 Å². The number of amides is 1. The van der Waals surface area contributed by atoms with Crippen molar-refractivity contribution < 1.29 is 14.6 Å². The van der Waals surface area contributed by atoms with E-state index in [2.05, 4.69) is 24.5 Å². The van der Waals surface area contributed by atoms with Crippen LogP contribution < -0.4 is 10.6 Å². The number of hydrogen-bond donors (Lipinski definition) is 3. The van der Waals surface area contributed by atoms with Gasteiger partial charge in [0, 0.05) is 31.7 Å². The van der Waals surface area contributed by atoms with Crippen molar-refractivity contribution >= 4 is 6.09 Å². The number of aliphatic hydroxyl groups is 1. The van der Waals surface area contributed by atoms with Gasteiger partial charge in [-0.05, 0) is 33.6 Å². The van der Waals surface area contributed by atoms with Crippen LogP contribution in [0.5, 0.6) is 0 Å². The van der Waals surface area contributed by atoms with Crippen molar-refractivity contribution in [3.63, 3.8) is 0 Å². The van der Waals surface area contributed by atoms with Gasteiger partial charge in [0.15, 0.2) is 0 Å². The summed E-state index contributed by atoms with van der Waals surface area (Å²) in [6, 6.07) is 0. The summed E-state index contributed by atoms with van der Waals surface area (Å²) in [5.74, 6) is 0. The summed E-state index contributed by atoms with van der Waals surface area (Å²) in [6.07, 6.45) is 1.48. The minimum absolute atomic E-state index is 0.0497. The van der Waals surface area contributed by atoms with Crippen LogP contribution in [-0.2, 0) is 4.74 Å². The molecule has 1 amide bonds. The maximum absolute atomic E-state index is 11.4. The van der Waals surface area contributed by atoms with E-state index >= 15 is 0 Å². The summed E-state index contributed by atoms with van der Waals surface area (Å²) in [5, 5.41) is 15.4. The molecular formula is C14H30N2O3. The first-order valence-electron chi connectivity index (χ1n) is 7.07. The Morgan fingerprint density at radius 1 is 1.16 bits per heavy atom. The van der Waals surface area contributed by atoms with E-state index in [9.17, 15) is 9.90 Å². The van der Waals surface area contributed by atoms with E-state index in [1.807, 2.05) is 20.8 Å². The number of carbonyl (C=O) groups excluding carboxylic acids is 1. The predicted molar refractivity (Wildman–Crippen MR) is 77.2 cm³/mol. The Hall–Kier alpha value is -0.810. The average molecular weight is 274 g/mol. The van der Waals surface area contributed by atoms with Crippen molar-refractivity contribution in [2.75, 3.05) is 26.2 Å². The fourth-order valence-corrected chi connectivity index (χ4v) is 1.70. The SMILES string of the molecule is CCC(CC)(CO)CNCCNC(=O)OC(C)(C)C. The van der Waals surface area contributed by atoms with Crippen LogP contribution in [0.3, 0.4) is 0 Å². The number of ether oxygens (including phenoxy) is 1. The van der Waals surface area contributed by atoms with Crippen molar-refractivity contribution in [1.29, 1.82) is 0 Å². The van der Waals surface area contributed by atoms with E-state index < -0.39 is 11.7 Å². The van der Waals surface area contributed by atoms with Crippen molar-refractivity contribution in [2.24, 2.45) is 5.41 Å². The summed E-state index contributed by atoms with van der Waals surface area (Å²) < 4.78 is 5.13. The van der Waals surface area contributed by atoms with Crippen LogP contribution in [-0.4, -0.2) is 43.0 Å². The molecule has 0 aromatic heterocycles. The van der Waals surface area contributed by atoms with Crippen LogP contribution in [0.15, 0.2) is 0 Å². The van der Waals surface area contributed by atoms with Gasteiger partial charge >= 0.3 is 6.09 Å². The molecule has 0 atom stereocenters. The first-order valence-corrected chi connectivity index (χ1v) is 7.07. The molecule has 0 aromatic rings. The van der Waals surface area contributed by atoms with E-state index in [4.69, 9.17) is 4.74 Å². The molecule has 0 aliphatic rings. The standard InChI is InChI=1S/C14H30N2O3/c1-6-14(7-2,11-17)10-15-8-9-16-12(18)19-13(3,4)5/h15,17H,6-11H2,1-5H3,(H,16,18). The van der Waals surface area contributed by atoms with E-state index in [0.29, 0.717) is 13.1 Å². The zero-order chi connectivity index (χ0) is 14.9. The summed E-state index contributed by atoms with van der Waals surface area (Å²) in [5.41, 5.74) is -0.514. The summed E-state index contributed by atoms with van der Waals surface area (Å²) in [7, 11) is 0. The smallest absolute Gasteiger partial charge is 0.407 e. The zero-order valence-corrected chi connectivity index (χ0v) is 13.0. The number of rotatable bonds is 8. The van der Waals surface area contributed by atoms with Gasteiger partial charge in [0.25, 0.3) is 0 Å². The fourth-order valence-electron chi connectivity index (χ4n) is 1.70. The Morgan fingerprint density at radius 3 is 2.16 bits per heavy atom. The van der Waals surface area contributed by atoms with E-state index in [1.54, 1.807) is 0 Å². The average Bonchev–Trinajstić information content (AvgIpc) is 2.32. The molecule has 0 saturated heterocycles. The number of alkyl carbamates (subject to hydrolysis) is 1. The molecule has 0 spiro atoms. The highest BCUT2D eigenvalue weighted by atomic mass is 16.6. The predicted octanol–water partition coefficient (Wildman–Crippen LogP) is 1.90. The van der Waals surface area contributed by atoms with E-state index in [-0.39, 0.29) is 12.0 Å².